The Morgan fingerprint density at radius 2 is 1.32 bits per heavy atom. The Balaban J connectivity index is 2.76. The lowest BCUT2D eigenvalue weighted by molar-refractivity contribution is -0.348. The Bertz CT molecular complexity index is 863. The highest BCUT2D eigenvalue weighted by atomic mass is 19.4. The maximum absolute atomic E-state index is 14.4. The predicted octanol–water partition coefficient (Wildman–Crippen LogP) is 5.62. The van der Waals surface area contributed by atoms with Crippen molar-refractivity contribution in [3.8, 4) is 11.1 Å². The second-order valence-electron chi connectivity index (χ2n) is 6.26. The quantitative estimate of drug-likeness (QED) is 0.658. The monoisotopic (exact) mass is 407 g/mol. The van der Waals surface area contributed by atoms with Crippen LogP contribution in [0.1, 0.15) is 27.0 Å². The van der Waals surface area contributed by atoms with Crippen molar-refractivity contribution in [1.82, 2.24) is 5.32 Å². The van der Waals surface area contributed by atoms with Gasteiger partial charge in [0.15, 0.2) is 0 Å². The molecule has 0 saturated carbocycles. The zero-order valence-electron chi connectivity index (χ0n) is 15.0. The van der Waals surface area contributed by atoms with Crippen LogP contribution in [0.25, 0.3) is 11.1 Å². The number of aryl methyl sites for hydroxylation is 2. The van der Waals surface area contributed by atoms with E-state index in [9.17, 15) is 35.5 Å². The van der Waals surface area contributed by atoms with Crippen molar-refractivity contribution in [1.29, 1.82) is 0 Å². The molecular formula is C19H16F7NO. The standard InChI is InChI=1S/C19H16F7NO/c1-10-8-12(17(20,18(21,22)23)19(24,25)26)9-11(2)15(10)13-6-4-5-7-14(13)16(28)27-3/h4-9H,1-3H3,(H,27,28). The molecule has 2 aromatic carbocycles. The van der Waals surface area contributed by atoms with Gasteiger partial charge in [0, 0.05) is 18.2 Å². The molecule has 0 aliphatic carbocycles. The second kappa shape index (κ2) is 7.10. The summed E-state index contributed by atoms with van der Waals surface area (Å²) in [5, 5.41) is 2.41. The number of halogens is 7. The summed E-state index contributed by atoms with van der Waals surface area (Å²) in [6, 6.07) is 7.14. The second-order valence-corrected chi connectivity index (χ2v) is 6.26. The van der Waals surface area contributed by atoms with Crippen molar-refractivity contribution in [2.75, 3.05) is 7.05 Å². The molecule has 0 spiro atoms. The fourth-order valence-corrected chi connectivity index (χ4v) is 3.11. The first-order valence-electron chi connectivity index (χ1n) is 8.01. The molecular weight excluding hydrogens is 391 g/mol. The first-order chi connectivity index (χ1) is 12.8. The van der Waals surface area contributed by atoms with Crippen LogP contribution in [-0.2, 0) is 5.67 Å². The summed E-state index contributed by atoms with van der Waals surface area (Å²) < 4.78 is 92.6. The lowest BCUT2D eigenvalue weighted by Gasteiger charge is -2.31. The maximum Gasteiger partial charge on any atom is 0.435 e. The first-order valence-corrected chi connectivity index (χ1v) is 8.01. The molecule has 2 rings (SSSR count). The summed E-state index contributed by atoms with van der Waals surface area (Å²) in [7, 11) is 1.38. The molecule has 2 nitrogen and oxygen atoms in total. The van der Waals surface area contributed by atoms with E-state index in [4.69, 9.17) is 0 Å². The molecule has 0 fully saturated rings. The van der Waals surface area contributed by atoms with Gasteiger partial charge in [-0.1, -0.05) is 30.3 Å². The number of hydrogen-bond acceptors (Lipinski definition) is 1. The Hall–Kier alpha value is -2.58. The summed E-state index contributed by atoms with van der Waals surface area (Å²) in [6.45, 7) is 2.53. The van der Waals surface area contributed by atoms with Crippen molar-refractivity contribution in [3.63, 3.8) is 0 Å². The Labute approximate surface area is 156 Å². The van der Waals surface area contributed by atoms with Crippen molar-refractivity contribution in [2.45, 2.75) is 31.9 Å². The van der Waals surface area contributed by atoms with E-state index in [1.807, 2.05) is 0 Å². The topological polar surface area (TPSA) is 29.1 Å². The predicted molar refractivity (Wildman–Crippen MR) is 89.6 cm³/mol. The smallest absolute Gasteiger partial charge is 0.355 e. The van der Waals surface area contributed by atoms with Crippen molar-refractivity contribution >= 4 is 5.91 Å². The van der Waals surface area contributed by atoms with Gasteiger partial charge in [-0.15, -0.1) is 0 Å². The Morgan fingerprint density at radius 1 is 0.857 bits per heavy atom. The third-order valence-corrected chi connectivity index (χ3v) is 4.38. The van der Waals surface area contributed by atoms with E-state index < -0.39 is 29.5 Å². The number of alkyl halides is 7. The molecule has 0 aromatic heterocycles. The minimum atomic E-state index is -6.19. The van der Waals surface area contributed by atoms with Crippen LogP contribution >= 0.6 is 0 Å². The van der Waals surface area contributed by atoms with Gasteiger partial charge < -0.3 is 5.32 Å². The van der Waals surface area contributed by atoms with E-state index in [2.05, 4.69) is 5.32 Å². The highest BCUT2D eigenvalue weighted by molar-refractivity contribution is 6.01. The third kappa shape index (κ3) is 3.45. The van der Waals surface area contributed by atoms with Gasteiger partial charge in [0.05, 0.1) is 0 Å². The number of hydrogen-bond donors (Lipinski definition) is 1. The van der Waals surface area contributed by atoms with Crippen LogP contribution in [0, 0.1) is 13.8 Å². The third-order valence-electron chi connectivity index (χ3n) is 4.38. The number of nitrogens with one attached hydrogen (secondary N) is 1. The van der Waals surface area contributed by atoms with Gasteiger partial charge in [0.25, 0.3) is 5.91 Å². The summed E-state index contributed by atoms with van der Waals surface area (Å²) >= 11 is 0. The van der Waals surface area contributed by atoms with Gasteiger partial charge in [0.2, 0.25) is 0 Å². The minimum Gasteiger partial charge on any atom is -0.355 e. The lowest BCUT2D eigenvalue weighted by atomic mass is 9.85. The molecule has 9 heteroatoms. The van der Waals surface area contributed by atoms with Crippen molar-refractivity contribution in [2.24, 2.45) is 0 Å². The zero-order valence-corrected chi connectivity index (χ0v) is 15.0. The normalized spacial score (nSPS) is 12.8. The van der Waals surface area contributed by atoms with Crippen molar-refractivity contribution < 1.29 is 35.5 Å². The molecule has 152 valence electrons. The van der Waals surface area contributed by atoms with E-state index in [0.29, 0.717) is 17.7 Å². The van der Waals surface area contributed by atoms with Crippen LogP contribution in [0.5, 0.6) is 0 Å². The number of amides is 1. The largest absolute Gasteiger partial charge is 0.435 e. The lowest BCUT2D eigenvalue weighted by Crippen LogP contribution is -2.50. The molecule has 1 amide bonds. The fraction of sp³-hybridized carbons (Fsp3) is 0.316. The van der Waals surface area contributed by atoms with Gasteiger partial charge in [-0.3, -0.25) is 4.79 Å². The average molecular weight is 407 g/mol. The average Bonchev–Trinajstić information content (AvgIpc) is 2.58. The van der Waals surface area contributed by atoms with Crippen molar-refractivity contribution in [3.05, 3.63) is 58.7 Å². The number of carbonyl (C=O) groups is 1. The molecule has 0 bridgehead atoms. The van der Waals surface area contributed by atoms with Gasteiger partial charge in [-0.2, -0.15) is 26.3 Å². The molecule has 2 aromatic rings. The highest BCUT2D eigenvalue weighted by Gasteiger charge is 2.73. The van der Waals surface area contributed by atoms with Gasteiger partial charge in [-0.25, -0.2) is 4.39 Å². The number of benzene rings is 2. The SMILES string of the molecule is CNC(=O)c1ccccc1-c1c(C)cc(C(F)(C(F)(F)F)C(F)(F)F)cc1C. The number of rotatable bonds is 3. The van der Waals surface area contributed by atoms with Gasteiger partial charge >= 0.3 is 18.0 Å². The van der Waals surface area contributed by atoms with Crippen LogP contribution in [0.2, 0.25) is 0 Å². The fourth-order valence-electron chi connectivity index (χ4n) is 3.11. The van der Waals surface area contributed by atoms with E-state index >= 15 is 0 Å². The van der Waals surface area contributed by atoms with Crippen LogP contribution in [0.15, 0.2) is 36.4 Å². The minimum absolute atomic E-state index is 0.0260. The summed E-state index contributed by atoms with van der Waals surface area (Å²) in [6.07, 6.45) is -12.4. The molecule has 0 atom stereocenters. The zero-order chi connectivity index (χ0) is 21.5. The summed E-state index contributed by atoms with van der Waals surface area (Å²) in [4.78, 5) is 12.1. The van der Waals surface area contributed by atoms with Gasteiger partial charge in [-0.05, 0) is 42.2 Å². The van der Waals surface area contributed by atoms with E-state index in [1.54, 1.807) is 12.1 Å². The van der Waals surface area contributed by atoms with E-state index in [1.165, 1.54) is 33.0 Å². The molecule has 0 aliphatic rings. The number of carbonyl (C=O) groups excluding carboxylic acids is 1. The molecule has 1 N–H and O–H groups in total. The molecule has 0 aliphatic heterocycles. The maximum atomic E-state index is 14.4. The first kappa shape index (κ1) is 21.7. The molecule has 0 saturated heterocycles. The summed E-state index contributed by atoms with van der Waals surface area (Å²) in [5.74, 6) is -0.483. The van der Waals surface area contributed by atoms with E-state index in [-0.39, 0.29) is 22.3 Å². The highest BCUT2D eigenvalue weighted by Crippen LogP contribution is 2.54. The van der Waals surface area contributed by atoms with E-state index in [0.717, 1.165) is 0 Å². The molecule has 0 radical (unpaired) electrons. The van der Waals surface area contributed by atoms with Crippen LogP contribution < -0.4 is 5.32 Å². The van der Waals surface area contributed by atoms with Crippen LogP contribution in [-0.4, -0.2) is 25.3 Å². The van der Waals surface area contributed by atoms with Crippen LogP contribution in [0.4, 0.5) is 30.7 Å². The van der Waals surface area contributed by atoms with Gasteiger partial charge in [0.1, 0.15) is 0 Å². The summed E-state index contributed by atoms with van der Waals surface area (Å²) in [5.41, 5.74) is -6.36. The molecule has 0 heterocycles. The van der Waals surface area contributed by atoms with Crippen LogP contribution in [0.3, 0.4) is 0 Å². The molecule has 28 heavy (non-hydrogen) atoms. The molecule has 0 unspecified atom stereocenters. The Morgan fingerprint density at radius 3 is 1.75 bits per heavy atom. The Kier molecular flexibility index (Phi) is 5.51.